The van der Waals surface area contributed by atoms with Crippen LogP contribution >= 0.6 is 0 Å². The van der Waals surface area contributed by atoms with E-state index in [4.69, 9.17) is 14.2 Å². The fourth-order valence-electron chi connectivity index (χ4n) is 4.86. The predicted molar refractivity (Wildman–Crippen MR) is 171 cm³/mol. The van der Waals surface area contributed by atoms with E-state index in [1.165, 1.54) is 7.11 Å². The van der Waals surface area contributed by atoms with Gasteiger partial charge in [0, 0.05) is 19.6 Å². The first-order valence-corrected chi connectivity index (χ1v) is 15.1. The van der Waals surface area contributed by atoms with E-state index in [2.05, 4.69) is 5.32 Å². The van der Waals surface area contributed by atoms with Gasteiger partial charge >= 0.3 is 17.9 Å². The standard InChI is InChI=1S/C36H46N2O6/c1-27(33(39)44-36(2,3)4)37-21-22-38(32(35(41)42-5)24-29-17-11-7-12-18-29)25-31(23-28-15-9-6-10-16-28)34(40)43-26-30-19-13-8-14-20-30/h6-20,27,31-32,37H,21-26H2,1-5H3/t27-,31?,32+/m1/s1. The summed E-state index contributed by atoms with van der Waals surface area (Å²) in [6.45, 7) is 8.38. The highest BCUT2D eigenvalue weighted by Crippen LogP contribution is 2.19. The first-order chi connectivity index (χ1) is 21.1. The summed E-state index contributed by atoms with van der Waals surface area (Å²) in [5.74, 6) is -1.66. The third-order valence-corrected chi connectivity index (χ3v) is 7.13. The second-order valence-electron chi connectivity index (χ2n) is 11.9. The van der Waals surface area contributed by atoms with Crippen molar-refractivity contribution in [2.75, 3.05) is 26.7 Å². The average Bonchev–Trinajstić information content (AvgIpc) is 3.01. The molecule has 8 nitrogen and oxygen atoms in total. The minimum atomic E-state index is -0.666. The molecule has 3 rings (SSSR count). The molecule has 3 atom stereocenters. The fraction of sp³-hybridized carbons (Fsp3) is 0.417. The molecular weight excluding hydrogens is 556 g/mol. The zero-order valence-corrected chi connectivity index (χ0v) is 26.5. The fourth-order valence-corrected chi connectivity index (χ4v) is 4.86. The van der Waals surface area contributed by atoms with Crippen LogP contribution in [0.3, 0.4) is 0 Å². The lowest BCUT2D eigenvalue weighted by molar-refractivity contribution is -0.157. The van der Waals surface area contributed by atoms with Crippen molar-refractivity contribution in [1.29, 1.82) is 0 Å². The van der Waals surface area contributed by atoms with Gasteiger partial charge in [0.2, 0.25) is 0 Å². The zero-order valence-electron chi connectivity index (χ0n) is 26.5. The summed E-state index contributed by atoms with van der Waals surface area (Å²) in [5, 5.41) is 3.23. The van der Waals surface area contributed by atoms with Gasteiger partial charge < -0.3 is 19.5 Å². The lowest BCUT2D eigenvalue weighted by atomic mass is 9.96. The summed E-state index contributed by atoms with van der Waals surface area (Å²) in [4.78, 5) is 41.5. The molecule has 0 aliphatic rings. The van der Waals surface area contributed by atoms with E-state index in [0.717, 1.165) is 16.7 Å². The Balaban J connectivity index is 1.86. The van der Waals surface area contributed by atoms with Crippen LogP contribution in [0.25, 0.3) is 0 Å². The first-order valence-electron chi connectivity index (χ1n) is 15.1. The molecule has 44 heavy (non-hydrogen) atoms. The van der Waals surface area contributed by atoms with Crippen molar-refractivity contribution in [2.24, 2.45) is 5.92 Å². The molecule has 0 saturated carbocycles. The summed E-state index contributed by atoms with van der Waals surface area (Å²) in [6.07, 6.45) is 0.832. The molecule has 0 bridgehead atoms. The number of nitrogens with one attached hydrogen (secondary N) is 1. The first kappa shape index (κ1) is 34.5. The summed E-state index contributed by atoms with van der Waals surface area (Å²) >= 11 is 0. The Morgan fingerprint density at radius 2 is 1.27 bits per heavy atom. The van der Waals surface area contributed by atoms with Gasteiger partial charge in [0.15, 0.2) is 0 Å². The van der Waals surface area contributed by atoms with Crippen LogP contribution in [0.5, 0.6) is 0 Å². The molecule has 0 saturated heterocycles. The van der Waals surface area contributed by atoms with Crippen molar-refractivity contribution in [3.05, 3.63) is 108 Å². The molecule has 0 spiro atoms. The average molecular weight is 603 g/mol. The minimum absolute atomic E-state index is 0.157. The van der Waals surface area contributed by atoms with E-state index >= 15 is 0 Å². The lowest BCUT2D eigenvalue weighted by Crippen LogP contribution is -2.50. The van der Waals surface area contributed by atoms with Gasteiger partial charge in [-0.1, -0.05) is 91.0 Å². The highest BCUT2D eigenvalue weighted by atomic mass is 16.6. The van der Waals surface area contributed by atoms with Crippen LogP contribution in [0.2, 0.25) is 0 Å². The topological polar surface area (TPSA) is 94.2 Å². The molecule has 8 heteroatoms. The molecule has 0 aliphatic heterocycles. The van der Waals surface area contributed by atoms with Crippen LogP contribution in [0.15, 0.2) is 91.0 Å². The monoisotopic (exact) mass is 602 g/mol. The number of hydrogen-bond acceptors (Lipinski definition) is 8. The van der Waals surface area contributed by atoms with Gasteiger partial charge in [-0.15, -0.1) is 0 Å². The van der Waals surface area contributed by atoms with E-state index in [0.29, 0.717) is 25.9 Å². The number of carbonyl (C=O) groups excluding carboxylic acids is 3. The Labute approximate surface area is 261 Å². The molecule has 0 amide bonds. The Morgan fingerprint density at radius 1 is 0.750 bits per heavy atom. The number of benzene rings is 3. The molecule has 0 aliphatic carbocycles. The smallest absolute Gasteiger partial charge is 0.323 e. The number of ether oxygens (including phenoxy) is 3. The van der Waals surface area contributed by atoms with Crippen LogP contribution in [-0.2, 0) is 48.0 Å². The third-order valence-electron chi connectivity index (χ3n) is 7.13. The Bertz CT molecular complexity index is 1290. The van der Waals surface area contributed by atoms with Gasteiger partial charge in [-0.25, -0.2) is 0 Å². The Kier molecular flexibility index (Phi) is 13.6. The zero-order chi connectivity index (χ0) is 32.0. The van der Waals surface area contributed by atoms with Crippen molar-refractivity contribution >= 4 is 17.9 Å². The van der Waals surface area contributed by atoms with E-state index in [-0.39, 0.29) is 25.1 Å². The van der Waals surface area contributed by atoms with Gasteiger partial charge in [0.1, 0.15) is 24.3 Å². The Hall–Kier alpha value is -4.01. The van der Waals surface area contributed by atoms with Crippen LogP contribution in [-0.4, -0.2) is 67.2 Å². The predicted octanol–water partition coefficient (Wildman–Crippen LogP) is 4.99. The molecule has 3 aromatic carbocycles. The number of esters is 3. The molecular formula is C36H46N2O6. The molecule has 0 fully saturated rings. The number of rotatable bonds is 16. The highest BCUT2D eigenvalue weighted by molar-refractivity contribution is 5.77. The molecule has 0 heterocycles. The normalized spacial score (nSPS) is 13.5. The number of methoxy groups -OCH3 is 1. The van der Waals surface area contributed by atoms with Gasteiger partial charge in [0.25, 0.3) is 0 Å². The maximum Gasteiger partial charge on any atom is 0.323 e. The lowest BCUT2D eigenvalue weighted by Gasteiger charge is -2.33. The molecule has 3 aromatic rings. The number of nitrogens with zero attached hydrogens (tertiary/aromatic N) is 1. The third kappa shape index (κ3) is 11.9. The minimum Gasteiger partial charge on any atom is -0.468 e. The Morgan fingerprint density at radius 3 is 1.80 bits per heavy atom. The number of hydrogen-bond donors (Lipinski definition) is 1. The van der Waals surface area contributed by atoms with Crippen LogP contribution in [0, 0.1) is 5.92 Å². The van der Waals surface area contributed by atoms with E-state index in [9.17, 15) is 14.4 Å². The summed E-state index contributed by atoms with van der Waals surface area (Å²) in [5.41, 5.74) is 2.25. The second-order valence-corrected chi connectivity index (χ2v) is 11.9. The second kappa shape index (κ2) is 17.3. The van der Waals surface area contributed by atoms with Gasteiger partial charge in [-0.05, 0) is 57.2 Å². The maximum atomic E-state index is 13.6. The number of carbonyl (C=O) groups is 3. The maximum absolute atomic E-state index is 13.6. The molecule has 0 radical (unpaired) electrons. The van der Waals surface area contributed by atoms with Crippen molar-refractivity contribution < 1.29 is 28.6 Å². The van der Waals surface area contributed by atoms with Gasteiger partial charge in [-0.3, -0.25) is 19.3 Å². The van der Waals surface area contributed by atoms with Crippen molar-refractivity contribution in [3.8, 4) is 0 Å². The van der Waals surface area contributed by atoms with Crippen molar-refractivity contribution in [1.82, 2.24) is 10.2 Å². The summed E-state index contributed by atoms with van der Waals surface area (Å²) in [6, 6.07) is 27.8. The van der Waals surface area contributed by atoms with E-state index in [1.807, 2.05) is 117 Å². The van der Waals surface area contributed by atoms with Crippen molar-refractivity contribution in [3.63, 3.8) is 0 Å². The van der Waals surface area contributed by atoms with Crippen molar-refractivity contribution in [2.45, 2.75) is 64.8 Å². The molecule has 1 N–H and O–H groups in total. The quantitative estimate of drug-likeness (QED) is 0.181. The molecule has 1 unspecified atom stereocenters. The SMILES string of the molecule is COC(=O)[C@H](Cc1ccccc1)N(CCN[C@H](C)C(=O)OC(C)(C)C)CC(Cc1ccccc1)C(=O)OCc1ccccc1. The van der Waals surface area contributed by atoms with Crippen LogP contribution < -0.4 is 5.32 Å². The van der Waals surface area contributed by atoms with Crippen LogP contribution in [0.1, 0.15) is 44.4 Å². The van der Waals surface area contributed by atoms with E-state index in [1.54, 1.807) is 6.92 Å². The van der Waals surface area contributed by atoms with Gasteiger partial charge in [-0.2, -0.15) is 0 Å². The molecule has 0 aromatic heterocycles. The van der Waals surface area contributed by atoms with E-state index < -0.39 is 29.6 Å². The molecule has 236 valence electrons. The van der Waals surface area contributed by atoms with Gasteiger partial charge in [0.05, 0.1) is 13.0 Å². The summed E-state index contributed by atoms with van der Waals surface area (Å²) in [7, 11) is 1.37. The summed E-state index contributed by atoms with van der Waals surface area (Å²) < 4.78 is 16.6. The van der Waals surface area contributed by atoms with Crippen LogP contribution in [0.4, 0.5) is 0 Å². The largest absolute Gasteiger partial charge is 0.468 e. The highest BCUT2D eigenvalue weighted by Gasteiger charge is 2.32.